The number of benzene rings is 1. The number of fused-ring (bicyclic) bond motifs is 1. The molecule has 1 aromatic heterocycles. The minimum atomic E-state index is -0.228. The highest BCUT2D eigenvalue weighted by atomic mass is 16.3. The number of nitrogens with zero attached hydrogens (tertiary/aromatic N) is 2. The summed E-state index contributed by atoms with van der Waals surface area (Å²) in [6.45, 7) is 3.73. The molecule has 0 radical (unpaired) electrons. The zero-order valence-electron chi connectivity index (χ0n) is 12.4. The molecule has 0 spiro atoms. The maximum absolute atomic E-state index is 9.71. The molecule has 0 saturated carbocycles. The third kappa shape index (κ3) is 2.74. The molecule has 21 heavy (non-hydrogen) atoms. The number of hydrogen-bond acceptors (Lipinski definition) is 4. The van der Waals surface area contributed by atoms with E-state index in [1.165, 1.54) is 0 Å². The third-order valence-electron chi connectivity index (χ3n) is 4.55. The SMILES string of the molecule is CC(O)C1CCN(c2ncc(CO)c3ccccc23)CC1. The van der Waals surface area contributed by atoms with Gasteiger partial charge in [0.25, 0.3) is 0 Å². The molecule has 1 aliphatic heterocycles. The average Bonchev–Trinajstić information content (AvgIpc) is 2.54. The summed E-state index contributed by atoms with van der Waals surface area (Å²) in [4.78, 5) is 6.87. The van der Waals surface area contributed by atoms with Crippen LogP contribution < -0.4 is 4.90 Å². The fourth-order valence-corrected chi connectivity index (χ4v) is 3.21. The lowest BCUT2D eigenvalue weighted by Gasteiger charge is -2.34. The molecule has 2 heterocycles. The molecule has 1 aromatic carbocycles. The van der Waals surface area contributed by atoms with Gasteiger partial charge in [0.05, 0.1) is 12.7 Å². The lowest BCUT2D eigenvalue weighted by molar-refractivity contribution is 0.110. The van der Waals surface area contributed by atoms with Crippen molar-refractivity contribution in [2.75, 3.05) is 18.0 Å². The number of piperidine rings is 1. The number of hydrogen-bond donors (Lipinski definition) is 2. The highest BCUT2D eigenvalue weighted by Gasteiger charge is 2.24. The van der Waals surface area contributed by atoms with Gasteiger partial charge < -0.3 is 15.1 Å². The molecule has 1 atom stereocenters. The van der Waals surface area contributed by atoms with Crippen LogP contribution in [-0.2, 0) is 6.61 Å². The molecule has 0 bridgehead atoms. The zero-order chi connectivity index (χ0) is 14.8. The van der Waals surface area contributed by atoms with Gasteiger partial charge in [-0.25, -0.2) is 4.98 Å². The van der Waals surface area contributed by atoms with Crippen LogP contribution in [0.1, 0.15) is 25.3 Å². The van der Waals surface area contributed by atoms with E-state index >= 15 is 0 Å². The average molecular weight is 286 g/mol. The molecule has 4 heteroatoms. The predicted octanol–water partition coefficient (Wildman–Crippen LogP) is 2.32. The molecule has 1 aliphatic rings. The Bertz CT molecular complexity index is 619. The molecule has 2 N–H and O–H groups in total. The highest BCUT2D eigenvalue weighted by Crippen LogP contribution is 2.30. The second kappa shape index (κ2) is 6.00. The van der Waals surface area contributed by atoms with Crippen LogP contribution in [0, 0.1) is 5.92 Å². The van der Waals surface area contributed by atoms with Gasteiger partial charge in [-0.3, -0.25) is 0 Å². The molecule has 1 fully saturated rings. The van der Waals surface area contributed by atoms with Crippen molar-refractivity contribution < 1.29 is 10.2 Å². The van der Waals surface area contributed by atoms with Gasteiger partial charge in [0.2, 0.25) is 0 Å². The quantitative estimate of drug-likeness (QED) is 0.909. The van der Waals surface area contributed by atoms with Gasteiger partial charge in [-0.1, -0.05) is 24.3 Å². The smallest absolute Gasteiger partial charge is 0.136 e. The summed E-state index contributed by atoms with van der Waals surface area (Å²) in [5, 5.41) is 21.3. The standard InChI is InChI=1S/C17H22N2O2/c1-12(21)13-6-8-19(9-7-13)17-16-5-3-2-4-15(16)14(11-20)10-18-17/h2-5,10,12-13,20-21H,6-9,11H2,1H3. The molecular formula is C17H22N2O2. The minimum absolute atomic E-state index is 0.0118. The third-order valence-corrected chi connectivity index (χ3v) is 4.55. The van der Waals surface area contributed by atoms with Gasteiger partial charge in [0, 0.05) is 30.2 Å². The Labute approximate surface area is 125 Å². The summed E-state index contributed by atoms with van der Waals surface area (Å²) in [7, 11) is 0. The summed E-state index contributed by atoms with van der Waals surface area (Å²) >= 11 is 0. The van der Waals surface area contributed by atoms with Crippen LogP contribution >= 0.6 is 0 Å². The van der Waals surface area contributed by atoms with E-state index in [0.717, 1.165) is 48.1 Å². The van der Waals surface area contributed by atoms with E-state index in [2.05, 4.69) is 16.0 Å². The van der Waals surface area contributed by atoms with Crippen molar-refractivity contribution in [2.24, 2.45) is 5.92 Å². The lowest BCUT2D eigenvalue weighted by Crippen LogP contribution is -2.37. The first kappa shape index (κ1) is 14.3. The Morgan fingerprint density at radius 1 is 1.24 bits per heavy atom. The molecule has 2 aromatic rings. The minimum Gasteiger partial charge on any atom is -0.393 e. The second-order valence-electron chi connectivity index (χ2n) is 5.88. The first-order chi connectivity index (χ1) is 10.2. The van der Waals surface area contributed by atoms with Crippen LogP contribution in [0.5, 0.6) is 0 Å². The van der Waals surface area contributed by atoms with E-state index < -0.39 is 0 Å². The van der Waals surface area contributed by atoms with Crippen molar-refractivity contribution in [1.82, 2.24) is 4.98 Å². The lowest BCUT2D eigenvalue weighted by atomic mass is 9.92. The topological polar surface area (TPSA) is 56.6 Å². The molecule has 0 amide bonds. The van der Waals surface area contributed by atoms with E-state index in [1.54, 1.807) is 6.20 Å². The summed E-state index contributed by atoms with van der Waals surface area (Å²) in [5.74, 6) is 1.39. The van der Waals surface area contributed by atoms with E-state index in [4.69, 9.17) is 0 Å². The maximum atomic E-state index is 9.71. The maximum Gasteiger partial charge on any atom is 0.136 e. The molecule has 0 aliphatic carbocycles. The van der Waals surface area contributed by atoms with Crippen molar-refractivity contribution in [2.45, 2.75) is 32.5 Å². The van der Waals surface area contributed by atoms with Crippen molar-refractivity contribution in [3.8, 4) is 0 Å². The number of aromatic nitrogens is 1. The number of aliphatic hydroxyl groups is 2. The van der Waals surface area contributed by atoms with Gasteiger partial charge in [-0.15, -0.1) is 0 Å². The van der Waals surface area contributed by atoms with Crippen LogP contribution in [0.2, 0.25) is 0 Å². The summed E-state index contributed by atoms with van der Waals surface area (Å²) < 4.78 is 0. The van der Waals surface area contributed by atoms with E-state index in [0.29, 0.717) is 5.92 Å². The molecule has 1 saturated heterocycles. The normalized spacial score (nSPS) is 18.1. The first-order valence-corrected chi connectivity index (χ1v) is 7.61. The van der Waals surface area contributed by atoms with E-state index in [-0.39, 0.29) is 12.7 Å². The Hall–Kier alpha value is -1.65. The van der Waals surface area contributed by atoms with Crippen molar-refractivity contribution >= 4 is 16.6 Å². The number of aliphatic hydroxyl groups excluding tert-OH is 2. The summed E-state index contributed by atoms with van der Waals surface area (Å²) in [6.07, 6.45) is 3.54. The van der Waals surface area contributed by atoms with Gasteiger partial charge in [0.15, 0.2) is 0 Å². The van der Waals surface area contributed by atoms with Crippen LogP contribution in [-0.4, -0.2) is 34.4 Å². The van der Waals surface area contributed by atoms with Crippen LogP contribution in [0.15, 0.2) is 30.5 Å². The second-order valence-corrected chi connectivity index (χ2v) is 5.88. The first-order valence-electron chi connectivity index (χ1n) is 7.61. The van der Waals surface area contributed by atoms with Crippen LogP contribution in [0.4, 0.5) is 5.82 Å². The Kier molecular flexibility index (Phi) is 4.08. The molecular weight excluding hydrogens is 264 g/mol. The van der Waals surface area contributed by atoms with Crippen molar-refractivity contribution in [1.29, 1.82) is 0 Å². The summed E-state index contributed by atoms with van der Waals surface area (Å²) in [6, 6.07) is 8.11. The zero-order valence-corrected chi connectivity index (χ0v) is 12.4. The highest BCUT2D eigenvalue weighted by molar-refractivity contribution is 5.94. The molecule has 112 valence electrons. The number of rotatable bonds is 3. The fraction of sp³-hybridized carbons (Fsp3) is 0.471. The van der Waals surface area contributed by atoms with E-state index in [9.17, 15) is 10.2 Å². The fourth-order valence-electron chi connectivity index (χ4n) is 3.21. The van der Waals surface area contributed by atoms with Gasteiger partial charge >= 0.3 is 0 Å². The molecule has 3 rings (SSSR count). The van der Waals surface area contributed by atoms with Gasteiger partial charge in [-0.2, -0.15) is 0 Å². The van der Waals surface area contributed by atoms with E-state index in [1.807, 2.05) is 25.1 Å². The van der Waals surface area contributed by atoms with Crippen LogP contribution in [0.3, 0.4) is 0 Å². The Balaban J connectivity index is 1.92. The summed E-state index contributed by atoms with van der Waals surface area (Å²) in [5.41, 5.74) is 0.869. The Morgan fingerprint density at radius 2 is 1.90 bits per heavy atom. The predicted molar refractivity (Wildman–Crippen MR) is 84.3 cm³/mol. The van der Waals surface area contributed by atoms with Gasteiger partial charge in [0.1, 0.15) is 5.82 Å². The number of anilines is 1. The molecule has 1 unspecified atom stereocenters. The van der Waals surface area contributed by atoms with Crippen LogP contribution in [0.25, 0.3) is 10.8 Å². The largest absolute Gasteiger partial charge is 0.393 e. The van der Waals surface area contributed by atoms with Crippen molar-refractivity contribution in [3.63, 3.8) is 0 Å². The van der Waals surface area contributed by atoms with Gasteiger partial charge in [-0.05, 0) is 31.1 Å². The Morgan fingerprint density at radius 3 is 2.52 bits per heavy atom. The van der Waals surface area contributed by atoms with Crippen molar-refractivity contribution in [3.05, 3.63) is 36.0 Å². The monoisotopic (exact) mass is 286 g/mol. The molecule has 4 nitrogen and oxygen atoms in total. The number of pyridine rings is 1.